The van der Waals surface area contributed by atoms with Crippen LogP contribution in [0, 0.1) is 28.1 Å². The van der Waals surface area contributed by atoms with Crippen molar-refractivity contribution in [2.24, 2.45) is 5.41 Å². The highest BCUT2D eigenvalue weighted by Gasteiger charge is 2.71. The molecule has 1 aliphatic carbocycles. The average molecular weight is 482 g/mol. The number of likely N-dealkylation sites (N-methyl/N-ethyl adjacent to an activating group) is 1. The molecule has 1 aliphatic heterocycles. The molecule has 1 saturated heterocycles. The molecule has 3 aromatic carbocycles. The number of hydrogen-bond donors (Lipinski definition) is 0. The normalized spacial score (nSPS) is 22.3. The smallest absolute Gasteiger partial charge is 0.179 e. The maximum Gasteiger partial charge on any atom is 0.179 e. The molecule has 2 aliphatic rings. The first-order valence-electron chi connectivity index (χ1n) is 10.8. The highest BCUT2D eigenvalue weighted by molar-refractivity contribution is 6.35. The first kappa shape index (κ1) is 21.1. The van der Waals surface area contributed by atoms with Crippen molar-refractivity contribution < 1.29 is 0 Å². The van der Waals surface area contributed by atoms with Crippen molar-refractivity contribution >= 4 is 34.2 Å². The number of para-hydroxylation sites is 2. The number of nitriles is 2. The Morgan fingerprint density at radius 1 is 0.941 bits per heavy atom. The summed E-state index contributed by atoms with van der Waals surface area (Å²) >= 11 is 12.8. The van der Waals surface area contributed by atoms with Crippen molar-refractivity contribution in [1.29, 1.82) is 10.5 Å². The molecule has 34 heavy (non-hydrogen) atoms. The van der Waals surface area contributed by atoms with Crippen molar-refractivity contribution in [2.75, 3.05) is 13.6 Å². The maximum atomic E-state index is 10.8. The van der Waals surface area contributed by atoms with E-state index in [-0.39, 0.29) is 0 Å². The lowest BCUT2D eigenvalue weighted by molar-refractivity contribution is 0.165. The molecular weight excluding hydrogens is 465 g/mol. The van der Waals surface area contributed by atoms with Gasteiger partial charge in [0.05, 0.1) is 34.6 Å². The maximum absolute atomic E-state index is 10.8. The highest BCUT2D eigenvalue weighted by Crippen LogP contribution is 2.66. The number of benzene rings is 3. The molecule has 1 aromatic heterocycles. The highest BCUT2D eigenvalue weighted by atomic mass is 35.5. The first-order chi connectivity index (χ1) is 16.5. The number of halogens is 2. The largest absolute Gasteiger partial charge is 0.289 e. The third kappa shape index (κ3) is 2.42. The van der Waals surface area contributed by atoms with Crippen LogP contribution in [-0.4, -0.2) is 28.5 Å². The summed E-state index contributed by atoms with van der Waals surface area (Å²) in [4.78, 5) is 12.1. The van der Waals surface area contributed by atoms with Crippen molar-refractivity contribution in [2.45, 2.75) is 11.5 Å². The Bertz CT molecular complexity index is 1570. The van der Waals surface area contributed by atoms with Gasteiger partial charge in [0.15, 0.2) is 5.41 Å². The molecule has 0 unspecified atom stereocenters. The van der Waals surface area contributed by atoms with E-state index >= 15 is 0 Å². The van der Waals surface area contributed by atoms with Gasteiger partial charge in [-0.05, 0) is 42.4 Å². The molecule has 0 bridgehead atoms. The van der Waals surface area contributed by atoms with E-state index < -0.39 is 16.9 Å². The second kappa shape index (κ2) is 7.26. The first-order valence-corrected chi connectivity index (χ1v) is 11.6. The molecule has 0 N–H and O–H groups in total. The molecule has 1 fully saturated rings. The van der Waals surface area contributed by atoms with Crippen LogP contribution in [0.15, 0.2) is 66.7 Å². The van der Waals surface area contributed by atoms with Crippen LogP contribution in [0.4, 0.5) is 0 Å². The number of nitrogens with zero attached hydrogens (tertiary/aromatic N) is 5. The molecule has 4 aromatic rings. The van der Waals surface area contributed by atoms with Crippen molar-refractivity contribution in [1.82, 2.24) is 14.9 Å². The Labute approximate surface area is 206 Å². The van der Waals surface area contributed by atoms with E-state index in [4.69, 9.17) is 33.2 Å². The van der Waals surface area contributed by atoms with Crippen LogP contribution in [0.2, 0.25) is 10.0 Å². The Morgan fingerprint density at radius 2 is 1.62 bits per heavy atom. The Kier molecular flexibility index (Phi) is 4.50. The van der Waals surface area contributed by atoms with E-state index in [0.717, 1.165) is 27.7 Å². The van der Waals surface area contributed by atoms with Crippen LogP contribution in [-0.2, 0) is 5.54 Å². The quantitative estimate of drug-likeness (QED) is 0.337. The van der Waals surface area contributed by atoms with Crippen LogP contribution in [0.25, 0.3) is 22.3 Å². The van der Waals surface area contributed by atoms with Gasteiger partial charge in [-0.25, -0.2) is 9.97 Å². The van der Waals surface area contributed by atoms with E-state index in [0.29, 0.717) is 28.0 Å². The second-order valence-corrected chi connectivity index (χ2v) is 9.64. The third-order valence-electron chi connectivity index (χ3n) is 7.30. The van der Waals surface area contributed by atoms with Gasteiger partial charge in [0.25, 0.3) is 0 Å². The molecule has 2 heterocycles. The zero-order valence-corrected chi connectivity index (χ0v) is 19.6. The van der Waals surface area contributed by atoms with E-state index in [1.807, 2.05) is 61.6 Å². The zero-order valence-electron chi connectivity index (χ0n) is 18.1. The summed E-state index contributed by atoms with van der Waals surface area (Å²) in [6.07, 6.45) is 0. The average Bonchev–Trinajstić information content (AvgIpc) is 3.28. The predicted molar refractivity (Wildman–Crippen MR) is 131 cm³/mol. The molecule has 0 amide bonds. The molecule has 7 heteroatoms. The van der Waals surface area contributed by atoms with Crippen LogP contribution < -0.4 is 0 Å². The van der Waals surface area contributed by atoms with Crippen molar-refractivity contribution in [3.63, 3.8) is 0 Å². The molecule has 5 nitrogen and oxygen atoms in total. The number of rotatable bonds is 1. The van der Waals surface area contributed by atoms with Gasteiger partial charge >= 0.3 is 0 Å². The van der Waals surface area contributed by atoms with Gasteiger partial charge in [0, 0.05) is 28.1 Å². The molecule has 6 rings (SSSR count). The van der Waals surface area contributed by atoms with Gasteiger partial charge in [-0.1, -0.05) is 65.7 Å². The van der Waals surface area contributed by atoms with Crippen LogP contribution in [0.3, 0.4) is 0 Å². The van der Waals surface area contributed by atoms with Gasteiger partial charge in [0.2, 0.25) is 0 Å². The summed E-state index contributed by atoms with van der Waals surface area (Å²) in [5.41, 5.74) is 2.66. The van der Waals surface area contributed by atoms with Crippen molar-refractivity contribution in [3.8, 4) is 23.4 Å². The SMILES string of the molecule is CN1C[C@H](c2ccc(Cl)cc2Cl)C(C#N)(C#N)[C@]12c1ccccc1-c1nc3ccccc3nc12. The number of fused-ring (bicyclic) bond motifs is 6. The van der Waals surface area contributed by atoms with Crippen LogP contribution >= 0.6 is 23.2 Å². The van der Waals surface area contributed by atoms with E-state index in [2.05, 4.69) is 17.0 Å². The number of aromatic nitrogens is 2. The molecule has 0 saturated carbocycles. The predicted octanol–water partition coefficient (Wildman–Crippen LogP) is 5.92. The van der Waals surface area contributed by atoms with Gasteiger partial charge in [-0.15, -0.1) is 0 Å². The van der Waals surface area contributed by atoms with Crippen LogP contribution in [0.1, 0.15) is 22.7 Å². The second-order valence-electron chi connectivity index (χ2n) is 8.80. The molecule has 164 valence electrons. The lowest BCUT2D eigenvalue weighted by Crippen LogP contribution is -2.49. The van der Waals surface area contributed by atoms with E-state index in [1.54, 1.807) is 12.1 Å². The minimum absolute atomic E-state index is 0.435. The molecule has 1 spiro atoms. The summed E-state index contributed by atoms with van der Waals surface area (Å²) in [6.45, 7) is 0.435. The number of likely N-dealkylation sites (tertiary alicyclic amines) is 1. The topological polar surface area (TPSA) is 76.6 Å². The number of hydrogen-bond acceptors (Lipinski definition) is 5. The summed E-state index contributed by atoms with van der Waals surface area (Å²) in [5, 5.41) is 22.5. The van der Waals surface area contributed by atoms with Crippen molar-refractivity contribution in [3.05, 3.63) is 93.6 Å². The minimum Gasteiger partial charge on any atom is -0.289 e. The lowest BCUT2D eigenvalue weighted by Gasteiger charge is -2.40. The fraction of sp³-hybridized carbons (Fsp3) is 0.185. The Hall–Kier alpha value is -3.48. The van der Waals surface area contributed by atoms with Gasteiger partial charge < -0.3 is 0 Å². The standard InChI is InChI=1S/C27H17Cl2N5/c1-34-13-20(17-11-10-16(28)12-21(17)29)26(14-30,15-31)27(34)19-7-3-2-6-18(19)24-25(27)33-23-9-5-4-8-22(23)32-24/h2-12,20H,13H2,1H3/t20-,27-/m1/s1. The molecule has 2 atom stereocenters. The Morgan fingerprint density at radius 3 is 2.32 bits per heavy atom. The monoisotopic (exact) mass is 481 g/mol. The minimum atomic E-state index is -1.52. The zero-order chi connectivity index (χ0) is 23.7. The molecular formula is C27H17Cl2N5. The van der Waals surface area contributed by atoms with E-state index in [9.17, 15) is 10.5 Å². The van der Waals surface area contributed by atoms with Gasteiger partial charge in [-0.2, -0.15) is 10.5 Å². The van der Waals surface area contributed by atoms with E-state index in [1.165, 1.54) is 0 Å². The van der Waals surface area contributed by atoms with Crippen LogP contribution in [0.5, 0.6) is 0 Å². The molecule has 0 radical (unpaired) electrons. The summed E-state index contributed by atoms with van der Waals surface area (Å²) in [7, 11) is 1.94. The third-order valence-corrected chi connectivity index (χ3v) is 7.86. The Balaban J connectivity index is 1.73. The fourth-order valence-electron chi connectivity index (χ4n) is 5.92. The summed E-state index contributed by atoms with van der Waals surface area (Å²) in [5.74, 6) is -0.496. The van der Waals surface area contributed by atoms with Gasteiger partial charge in [-0.3, -0.25) is 4.90 Å². The summed E-state index contributed by atoms with van der Waals surface area (Å²) < 4.78 is 0. The lowest BCUT2D eigenvalue weighted by atomic mass is 9.62. The summed E-state index contributed by atoms with van der Waals surface area (Å²) in [6, 6.07) is 25.6. The fourth-order valence-corrected chi connectivity index (χ4v) is 6.46. The van der Waals surface area contributed by atoms with Gasteiger partial charge in [0.1, 0.15) is 5.54 Å².